The van der Waals surface area contributed by atoms with Gasteiger partial charge in [-0.1, -0.05) is 0 Å². The largest absolute Gasteiger partial charge is 0.478 e. The molecule has 0 aliphatic rings. The summed E-state index contributed by atoms with van der Waals surface area (Å²) in [6, 6.07) is 3.29. The molecule has 70 valence electrons. The van der Waals surface area contributed by atoms with Gasteiger partial charge < -0.3 is 5.11 Å². The van der Waals surface area contributed by atoms with E-state index in [0.717, 1.165) is 6.07 Å². The first-order valence-corrected chi connectivity index (χ1v) is 3.49. The van der Waals surface area contributed by atoms with E-state index >= 15 is 0 Å². The Morgan fingerprint density at radius 3 is 2.64 bits per heavy atom. The van der Waals surface area contributed by atoms with Crippen LogP contribution in [0.2, 0.25) is 0 Å². The number of hydrogen-bond acceptors (Lipinski definition) is 3. The molecule has 0 saturated heterocycles. The van der Waals surface area contributed by atoms with Crippen LogP contribution in [0.1, 0.15) is 10.4 Å². The number of carbonyl (C=O) groups is 1. The number of nitrogens with zero attached hydrogens (tertiary/aromatic N) is 2. The Kier molecular flexibility index (Phi) is 2.44. The molecule has 0 amide bonds. The summed E-state index contributed by atoms with van der Waals surface area (Å²) in [7, 11) is 0. The van der Waals surface area contributed by atoms with Gasteiger partial charge in [0.2, 0.25) is 0 Å². The van der Waals surface area contributed by atoms with Crippen LogP contribution in [0.3, 0.4) is 0 Å². The minimum atomic E-state index is -1.24. The van der Waals surface area contributed by atoms with E-state index < -0.39 is 16.6 Å². The van der Waals surface area contributed by atoms with Crippen LogP contribution in [0.5, 0.6) is 0 Å². The average Bonchev–Trinajstić information content (AvgIpc) is 2.16. The molecule has 0 aliphatic heterocycles. The maximum atomic E-state index is 10.5. The smallest absolute Gasteiger partial charge is 0.416 e. The second kappa shape index (κ2) is 3.53. The molecule has 0 aliphatic carbocycles. The van der Waals surface area contributed by atoms with E-state index in [1.165, 1.54) is 12.1 Å². The number of carboxylic acids is 1. The van der Waals surface area contributed by atoms with Gasteiger partial charge >= 0.3 is 17.3 Å². The standard InChI is InChI=1S/C8H4N2O4/c1-9-6-3-2-5(8(11)12)4-7(6)10(13)14/h1-4H/p+1. The number of benzene rings is 1. The molecular weight excluding hydrogens is 188 g/mol. The maximum absolute atomic E-state index is 10.5. The fourth-order valence-electron chi connectivity index (χ4n) is 0.912. The Bertz CT molecular complexity index is 447. The van der Waals surface area contributed by atoms with Crippen LogP contribution < -0.4 is 0 Å². The minimum Gasteiger partial charge on any atom is -0.478 e. The predicted octanol–water partition coefficient (Wildman–Crippen LogP) is 1.89. The van der Waals surface area contributed by atoms with Gasteiger partial charge in [-0.15, -0.1) is 0 Å². The Morgan fingerprint density at radius 2 is 2.21 bits per heavy atom. The average molecular weight is 193 g/mol. The fourth-order valence-corrected chi connectivity index (χ4v) is 0.912. The third-order valence-electron chi connectivity index (χ3n) is 1.56. The molecule has 14 heavy (non-hydrogen) atoms. The lowest BCUT2D eigenvalue weighted by Crippen LogP contribution is -1.97. The summed E-state index contributed by atoms with van der Waals surface area (Å²) >= 11 is 0. The number of aromatic carboxylic acids is 1. The molecule has 0 aromatic heterocycles. The highest BCUT2D eigenvalue weighted by molar-refractivity contribution is 5.89. The molecule has 0 bridgehead atoms. The third-order valence-corrected chi connectivity index (χ3v) is 1.56. The molecule has 1 aromatic carbocycles. The van der Waals surface area contributed by atoms with Gasteiger partial charge in [-0.3, -0.25) is 10.1 Å². The Balaban J connectivity index is 3.37. The summed E-state index contributed by atoms with van der Waals surface area (Å²) in [5, 5.41) is 19.0. The lowest BCUT2D eigenvalue weighted by Gasteiger charge is -1.92. The van der Waals surface area contributed by atoms with Crippen molar-refractivity contribution in [2.75, 3.05) is 0 Å². The van der Waals surface area contributed by atoms with Crippen molar-refractivity contribution >= 4 is 17.3 Å². The molecule has 0 saturated carbocycles. The number of hydrogen-bond donors (Lipinski definition) is 1. The number of nitro benzene ring substituents is 1. The van der Waals surface area contributed by atoms with Crippen molar-refractivity contribution in [1.29, 1.82) is 0 Å². The number of rotatable bonds is 2. The second-order valence-electron chi connectivity index (χ2n) is 2.39. The van der Waals surface area contributed by atoms with Crippen molar-refractivity contribution < 1.29 is 14.8 Å². The molecule has 1 aromatic rings. The van der Waals surface area contributed by atoms with Gasteiger partial charge in [0.05, 0.1) is 10.5 Å². The van der Waals surface area contributed by atoms with Crippen LogP contribution >= 0.6 is 0 Å². The number of nitro groups is 1. The van der Waals surface area contributed by atoms with Crippen molar-refractivity contribution in [1.82, 2.24) is 0 Å². The van der Waals surface area contributed by atoms with Gasteiger partial charge in [-0.25, -0.2) is 4.79 Å². The van der Waals surface area contributed by atoms with Crippen LogP contribution in [-0.2, 0) is 0 Å². The van der Waals surface area contributed by atoms with E-state index in [0.29, 0.717) is 0 Å². The van der Waals surface area contributed by atoms with Gasteiger partial charge in [0.1, 0.15) is 0 Å². The SMILES string of the molecule is C#[N+]c1ccc(C(=O)O)cc1[N+](=O)[O-]. The topological polar surface area (TPSA) is 84.8 Å². The summed E-state index contributed by atoms with van der Waals surface area (Å²) in [5.41, 5.74) is -0.656. The highest BCUT2D eigenvalue weighted by Crippen LogP contribution is 2.27. The first-order chi connectivity index (χ1) is 6.56. The fraction of sp³-hybridized carbons (Fsp3) is 0. The summed E-state index contributed by atoms with van der Waals surface area (Å²) in [5.74, 6) is -1.24. The van der Waals surface area contributed by atoms with E-state index in [4.69, 9.17) is 11.7 Å². The molecule has 6 nitrogen and oxygen atoms in total. The molecular formula is C8H5N2O4+. The Morgan fingerprint density at radius 1 is 1.57 bits per heavy atom. The summed E-state index contributed by atoms with van der Waals surface area (Å²) in [6.07, 6.45) is 0. The Hall–Kier alpha value is -2.42. The van der Waals surface area contributed by atoms with Gasteiger partial charge in [-0.05, 0) is 10.9 Å². The van der Waals surface area contributed by atoms with Crippen molar-refractivity contribution in [2.45, 2.75) is 0 Å². The highest BCUT2D eigenvalue weighted by Gasteiger charge is 2.23. The summed E-state index contributed by atoms with van der Waals surface area (Å²) in [6.45, 7) is 4.89. The zero-order chi connectivity index (χ0) is 10.7. The van der Waals surface area contributed by atoms with E-state index in [1.807, 2.05) is 0 Å². The van der Waals surface area contributed by atoms with E-state index in [2.05, 4.69) is 4.85 Å². The quantitative estimate of drug-likeness (QED) is 0.574. The summed E-state index contributed by atoms with van der Waals surface area (Å²) in [4.78, 5) is 23.4. The van der Waals surface area contributed by atoms with Crippen LogP contribution in [0.15, 0.2) is 18.2 Å². The van der Waals surface area contributed by atoms with Crippen molar-refractivity contribution in [3.63, 3.8) is 0 Å². The summed E-state index contributed by atoms with van der Waals surface area (Å²) < 4.78 is 0. The maximum Gasteiger partial charge on any atom is 0.416 e. The molecule has 1 N–H and O–H groups in total. The molecule has 0 heterocycles. The van der Waals surface area contributed by atoms with Crippen LogP contribution in [-0.4, -0.2) is 16.0 Å². The van der Waals surface area contributed by atoms with Crippen molar-refractivity contribution in [2.24, 2.45) is 0 Å². The van der Waals surface area contributed by atoms with Crippen LogP contribution in [0, 0.1) is 16.7 Å². The zero-order valence-electron chi connectivity index (χ0n) is 6.88. The first-order valence-electron chi connectivity index (χ1n) is 3.49. The van der Waals surface area contributed by atoms with Crippen LogP contribution in [0.4, 0.5) is 11.4 Å². The van der Waals surface area contributed by atoms with Gasteiger partial charge in [0.15, 0.2) is 0 Å². The zero-order valence-corrected chi connectivity index (χ0v) is 6.88. The van der Waals surface area contributed by atoms with E-state index in [1.54, 1.807) is 0 Å². The van der Waals surface area contributed by atoms with Crippen LogP contribution in [0.25, 0.3) is 4.85 Å². The molecule has 0 atom stereocenters. The van der Waals surface area contributed by atoms with E-state index in [-0.39, 0.29) is 11.3 Å². The Labute approximate surface area is 78.4 Å². The van der Waals surface area contributed by atoms with E-state index in [9.17, 15) is 14.9 Å². The second-order valence-corrected chi connectivity index (χ2v) is 2.39. The normalized spacial score (nSPS) is 9.07. The predicted molar refractivity (Wildman–Crippen MR) is 48.0 cm³/mol. The molecule has 0 fully saturated rings. The molecule has 0 spiro atoms. The molecule has 1 rings (SSSR count). The van der Waals surface area contributed by atoms with Crippen molar-refractivity contribution in [3.8, 4) is 6.57 Å². The molecule has 0 radical (unpaired) electrons. The monoisotopic (exact) mass is 193 g/mol. The van der Waals surface area contributed by atoms with Crippen molar-refractivity contribution in [3.05, 3.63) is 38.7 Å². The highest BCUT2D eigenvalue weighted by atomic mass is 16.6. The molecule has 0 unspecified atom stereocenters. The number of carboxylic acid groups (broad SMARTS) is 1. The lowest BCUT2D eigenvalue weighted by atomic mass is 10.2. The third kappa shape index (κ3) is 1.67. The lowest BCUT2D eigenvalue weighted by molar-refractivity contribution is -0.383. The first kappa shape index (κ1) is 9.67. The van der Waals surface area contributed by atoms with Gasteiger partial charge in [0.25, 0.3) is 6.57 Å². The minimum absolute atomic E-state index is 0.0556. The van der Waals surface area contributed by atoms with Gasteiger partial charge in [-0.2, -0.15) is 0 Å². The van der Waals surface area contributed by atoms with Gasteiger partial charge in [0, 0.05) is 12.1 Å². The molecule has 6 heteroatoms.